The van der Waals surface area contributed by atoms with E-state index in [1.165, 1.54) is 47.8 Å². The smallest absolute Gasteiger partial charge is 0.279 e. The van der Waals surface area contributed by atoms with E-state index in [9.17, 15) is 14.0 Å². The van der Waals surface area contributed by atoms with E-state index < -0.39 is 5.91 Å². The standard InChI is InChI=1S/C15H12FN3O2S2/c16-11-6-3-10(4-7-11)5-8-13(20)17-15(22)19-18-14(21)12-2-1-9-23-12/h1-9H,(H,18,21)(H2,17,19,20,22). The van der Waals surface area contributed by atoms with E-state index in [1.807, 2.05) is 0 Å². The first-order valence-electron chi connectivity index (χ1n) is 6.43. The van der Waals surface area contributed by atoms with Crippen molar-refractivity contribution in [3.05, 3.63) is 64.1 Å². The number of rotatable bonds is 3. The van der Waals surface area contributed by atoms with Gasteiger partial charge in [0.25, 0.3) is 5.91 Å². The number of hydrogen-bond acceptors (Lipinski definition) is 4. The second-order valence-corrected chi connectivity index (χ2v) is 5.62. The average molecular weight is 349 g/mol. The number of benzene rings is 1. The highest BCUT2D eigenvalue weighted by Crippen LogP contribution is 2.07. The van der Waals surface area contributed by atoms with Gasteiger partial charge >= 0.3 is 0 Å². The number of thiophene rings is 1. The average Bonchev–Trinajstić information content (AvgIpc) is 3.06. The van der Waals surface area contributed by atoms with E-state index in [0.29, 0.717) is 10.4 Å². The number of thiocarbonyl (C=S) groups is 1. The highest BCUT2D eigenvalue weighted by atomic mass is 32.1. The quantitative estimate of drug-likeness (QED) is 0.452. The largest absolute Gasteiger partial charge is 0.298 e. The molecule has 0 saturated heterocycles. The van der Waals surface area contributed by atoms with E-state index in [4.69, 9.17) is 12.2 Å². The predicted octanol–water partition coefficient (Wildman–Crippen LogP) is 2.24. The van der Waals surface area contributed by atoms with Crippen LogP contribution < -0.4 is 16.2 Å². The molecule has 118 valence electrons. The summed E-state index contributed by atoms with van der Waals surface area (Å²) in [5.74, 6) is -1.17. The molecule has 2 amide bonds. The number of hydrazine groups is 1. The molecular formula is C15H12FN3O2S2. The van der Waals surface area contributed by atoms with Gasteiger partial charge < -0.3 is 0 Å². The van der Waals surface area contributed by atoms with Crippen LogP contribution in [0.4, 0.5) is 4.39 Å². The fourth-order valence-corrected chi connectivity index (χ4v) is 2.28. The Morgan fingerprint density at radius 1 is 1.13 bits per heavy atom. The van der Waals surface area contributed by atoms with Gasteiger partial charge in [-0.15, -0.1) is 11.3 Å². The number of carbonyl (C=O) groups excluding carboxylic acids is 2. The molecule has 0 aliphatic rings. The maximum atomic E-state index is 12.7. The number of carbonyl (C=O) groups is 2. The molecule has 0 saturated carbocycles. The zero-order chi connectivity index (χ0) is 16.7. The lowest BCUT2D eigenvalue weighted by atomic mass is 10.2. The summed E-state index contributed by atoms with van der Waals surface area (Å²) < 4.78 is 12.7. The zero-order valence-corrected chi connectivity index (χ0v) is 13.3. The van der Waals surface area contributed by atoms with E-state index >= 15 is 0 Å². The Bertz CT molecular complexity index is 728. The molecule has 1 aromatic heterocycles. The minimum atomic E-state index is -0.475. The first-order valence-corrected chi connectivity index (χ1v) is 7.72. The van der Waals surface area contributed by atoms with E-state index in [1.54, 1.807) is 17.5 Å². The van der Waals surface area contributed by atoms with Crippen LogP contribution in [0, 0.1) is 5.82 Å². The summed E-state index contributed by atoms with van der Waals surface area (Å²) in [6.07, 6.45) is 2.77. The molecule has 5 nitrogen and oxygen atoms in total. The predicted molar refractivity (Wildman–Crippen MR) is 91.1 cm³/mol. The van der Waals surface area contributed by atoms with Crippen LogP contribution in [0.1, 0.15) is 15.2 Å². The van der Waals surface area contributed by atoms with Gasteiger partial charge in [-0.2, -0.15) is 0 Å². The molecule has 2 aromatic rings. The van der Waals surface area contributed by atoms with Gasteiger partial charge in [-0.3, -0.25) is 25.8 Å². The minimum absolute atomic E-state index is 0.0383. The third-order valence-electron chi connectivity index (χ3n) is 2.57. The normalized spacial score (nSPS) is 10.3. The summed E-state index contributed by atoms with van der Waals surface area (Å²) in [7, 11) is 0. The van der Waals surface area contributed by atoms with Crippen molar-refractivity contribution < 1.29 is 14.0 Å². The highest BCUT2D eigenvalue weighted by molar-refractivity contribution is 7.80. The van der Waals surface area contributed by atoms with Gasteiger partial charge in [0.2, 0.25) is 5.91 Å². The number of amides is 2. The molecule has 0 spiro atoms. The SMILES string of the molecule is O=C(C=Cc1ccc(F)cc1)NC(=S)NNC(=O)c1cccs1. The highest BCUT2D eigenvalue weighted by Gasteiger charge is 2.07. The van der Waals surface area contributed by atoms with Crippen LogP contribution in [-0.4, -0.2) is 16.9 Å². The fraction of sp³-hybridized carbons (Fsp3) is 0. The van der Waals surface area contributed by atoms with Crippen molar-refractivity contribution in [3.63, 3.8) is 0 Å². The molecule has 1 heterocycles. The molecule has 2 rings (SSSR count). The van der Waals surface area contributed by atoms with Crippen LogP contribution in [0.25, 0.3) is 6.08 Å². The topological polar surface area (TPSA) is 70.2 Å². The molecule has 0 fully saturated rings. The Kier molecular flexibility index (Phi) is 5.95. The molecule has 1 aromatic carbocycles. The third-order valence-corrected chi connectivity index (χ3v) is 3.64. The van der Waals surface area contributed by atoms with E-state index in [0.717, 1.165) is 0 Å². The number of halogens is 1. The van der Waals surface area contributed by atoms with Crippen molar-refractivity contribution in [1.82, 2.24) is 16.2 Å². The van der Waals surface area contributed by atoms with E-state index in [-0.39, 0.29) is 16.8 Å². The molecular weight excluding hydrogens is 337 g/mol. The Morgan fingerprint density at radius 3 is 2.52 bits per heavy atom. The lowest BCUT2D eigenvalue weighted by Crippen LogP contribution is -2.48. The Labute approximate surface area is 141 Å². The molecule has 8 heteroatoms. The van der Waals surface area contributed by atoms with Crippen molar-refractivity contribution in [2.45, 2.75) is 0 Å². The lowest BCUT2D eigenvalue weighted by Gasteiger charge is -2.08. The third kappa shape index (κ3) is 5.61. The molecule has 3 N–H and O–H groups in total. The summed E-state index contributed by atoms with van der Waals surface area (Å²) in [4.78, 5) is 23.8. The van der Waals surface area contributed by atoms with Gasteiger partial charge in [0.1, 0.15) is 5.82 Å². The maximum absolute atomic E-state index is 12.7. The molecule has 0 atom stereocenters. The van der Waals surface area contributed by atoms with Gasteiger partial charge in [0.05, 0.1) is 4.88 Å². The molecule has 0 bridgehead atoms. The Hall–Kier alpha value is -2.58. The summed E-state index contributed by atoms with van der Waals surface area (Å²) in [5.41, 5.74) is 5.47. The van der Waals surface area contributed by atoms with Gasteiger partial charge in [0, 0.05) is 6.08 Å². The summed E-state index contributed by atoms with van der Waals surface area (Å²) in [6, 6.07) is 9.08. The molecule has 0 radical (unpaired) electrons. The number of nitrogens with one attached hydrogen (secondary N) is 3. The summed E-state index contributed by atoms with van der Waals surface area (Å²) in [6.45, 7) is 0. The second-order valence-electron chi connectivity index (χ2n) is 4.26. The van der Waals surface area contributed by atoms with Crippen LogP contribution in [-0.2, 0) is 4.79 Å². The van der Waals surface area contributed by atoms with Crippen molar-refractivity contribution >= 4 is 46.6 Å². The summed E-state index contributed by atoms with van der Waals surface area (Å²) in [5, 5.41) is 4.11. The second kappa shape index (κ2) is 8.16. The number of hydrogen-bond donors (Lipinski definition) is 3. The molecule has 23 heavy (non-hydrogen) atoms. The van der Waals surface area contributed by atoms with Gasteiger partial charge in [-0.05, 0) is 47.4 Å². The monoisotopic (exact) mass is 349 g/mol. The molecule has 0 unspecified atom stereocenters. The van der Waals surface area contributed by atoms with Crippen LogP contribution in [0.3, 0.4) is 0 Å². The van der Waals surface area contributed by atoms with Crippen molar-refractivity contribution in [2.75, 3.05) is 0 Å². The van der Waals surface area contributed by atoms with Crippen LogP contribution in [0.5, 0.6) is 0 Å². The first kappa shape index (κ1) is 16.8. The maximum Gasteiger partial charge on any atom is 0.279 e. The Morgan fingerprint density at radius 2 is 1.87 bits per heavy atom. The van der Waals surface area contributed by atoms with Crippen LogP contribution >= 0.6 is 23.6 Å². The Balaban J connectivity index is 1.77. The molecule has 0 aliphatic heterocycles. The van der Waals surface area contributed by atoms with Gasteiger partial charge in [0.15, 0.2) is 5.11 Å². The summed E-state index contributed by atoms with van der Waals surface area (Å²) >= 11 is 6.17. The van der Waals surface area contributed by atoms with Gasteiger partial charge in [-0.25, -0.2) is 4.39 Å². The van der Waals surface area contributed by atoms with Crippen molar-refractivity contribution in [2.24, 2.45) is 0 Å². The van der Waals surface area contributed by atoms with Crippen LogP contribution in [0.15, 0.2) is 47.9 Å². The first-order chi connectivity index (χ1) is 11.0. The van der Waals surface area contributed by atoms with E-state index in [2.05, 4.69) is 16.2 Å². The lowest BCUT2D eigenvalue weighted by molar-refractivity contribution is -0.115. The zero-order valence-electron chi connectivity index (χ0n) is 11.7. The fourth-order valence-electron chi connectivity index (χ4n) is 1.51. The minimum Gasteiger partial charge on any atom is -0.298 e. The van der Waals surface area contributed by atoms with Crippen LogP contribution in [0.2, 0.25) is 0 Å². The van der Waals surface area contributed by atoms with Crippen molar-refractivity contribution in [1.29, 1.82) is 0 Å². The van der Waals surface area contributed by atoms with Crippen molar-refractivity contribution in [3.8, 4) is 0 Å². The molecule has 0 aliphatic carbocycles. The van der Waals surface area contributed by atoms with Gasteiger partial charge in [-0.1, -0.05) is 18.2 Å².